The number of ether oxygens (including phenoxy) is 1. The Labute approximate surface area is 111 Å². The average Bonchev–Trinajstić information content (AvgIpc) is 3.08. The zero-order valence-electron chi connectivity index (χ0n) is 10.7. The van der Waals surface area contributed by atoms with Crippen molar-refractivity contribution in [2.24, 2.45) is 0 Å². The molecule has 0 N–H and O–H groups in total. The lowest BCUT2D eigenvalue weighted by Crippen LogP contribution is -2.18. The fourth-order valence-electron chi connectivity index (χ4n) is 2.74. The zero-order chi connectivity index (χ0) is 13.2. The van der Waals surface area contributed by atoms with Gasteiger partial charge in [-0.15, -0.1) is 0 Å². The molecule has 0 radical (unpaired) electrons. The lowest BCUT2D eigenvalue weighted by Gasteiger charge is -2.20. The minimum Gasteiger partial charge on any atom is -0.358 e. The van der Waals surface area contributed by atoms with Gasteiger partial charge in [-0.2, -0.15) is 4.68 Å². The van der Waals surface area contributed by atoms with Crippen LogP contribution in [0.5, 0.6) is 0 Å². The van der Waals surface area contributed by atoms with Crippen LogP contribution in [0.2, 0.25) is 0 Å². The average molecular weight is 263 g/mol. The molecule has 0 saturated carbocycles. The summed E-state index contributed by atoms with van der Waals surface area (Å²) in [6.45, 7) is 0.705. The van der Waals surface area contributed by atoms with Gasteiger partial charge in [-0.05, 0) is 49.0 Å². The Hall–Kier alpha value is -1.69. The topological polar surface area (TPSA) is 70.2 Å². The van der Waals surface area contributed by atoms with Crippen LogP contribution in [0.4, 0.5) is 5.82 Å². The minimum absolute atomic E-state index is 0.0395. The lowest BCUT2D eigenvalue weighted by molar-refractivity contribution is -0.390. The van der Waals surface area contributed by atoms with E-state index >= 15 is 0 Å². The van der Waals surface area contributed by atoms with E-state index in [2.05, 4.69) is 11.2 Å². The van der Waals surface area contributed by atoms with Crippen LogP contribution in [0.15, 0.2) is 12.3 Å². The molecule has 2 aliphatic rings. The summed E-state index contributed by atoms with van der Waals surface area (Å²) >= 11 is 0. The standard InChI is InChI=1S/C13H17N3O3/c17-16(18)13-11(10-5-1-2-6-10)9-15(14-13)12-7-3-4-8-19-12/h5,9,12H,1-4,6-8H2. The lowest BCUT2D eigenvalue weighted by atomic mass is 10.1. The van der Waals surface area contributed by atoms with Gasteiger partial charge in [-0.3, -0.25) is 0 Å². The van der Waals surface area contributed by atoms with Crippen molar-refractivity contribution >= 4 is 11.4 Å². The first kappa shape index (κ1) is 12.3. The van der Waals surface area contributed by atoms with Gasteiger partial charge in [-0.25, -0.2) is 0 Å². The third-order valence-electron chi connectivity index (χ3n) is 3.72. The van der Waals surface area contributed by atoms with Crippen molar-refractivity contribution in [1.82, 2.24) is 9.78 Å². The number of allylic oxidation sites excluding steroid dienone is 2. The second-order valence-corrected chi connectivity index (χ2v) is 5.05. The number of nitrogens with zero attached hydrogens (tertiary/aromatic N) is 3. The number of hydrogen-bond donors (Lipinski definition) is 0. The van der Waals surface area contributed by atoms with E-state index in [0.29, 0.717) is 12.2 Å². The van der Waals surface area contributed by atoms with Crippen LogP contribution in [-0.4, -0.2) is 21.3 Å². The molecule has 19 heavy (non-hydrogen) atoms. The van der Waals surface area contributed by atoms with Gasteiger partial charge in [0.2, 0.25) is 0 Å². The second-order valence-electron chi connectivity index (χ2n) is 5.05. The van der Waals surface area contributed by atoms with Gasteiger partial charge in [0.1, 0.15) is 0 Å². The van der Waals surface area contributed by atoms with E-state index in [1.165, 1.54) is 0 Å². The highest BCUT2D eigenvalue weighted by Gasteiger charge is 2.28. The molecule has 1 saturated heterocycles. The fourth-order valence-corrected chi connectivity index (χ4v) is 2.74. The molecule has 2 heterocycles. The maximum atomic E-state index is 11.1. The molecule has 0 aromatic carbocycles. The Bertz CT molecular complexity index is 515. The van der Waals surface area contributed by atoms with Gasteiger partial charge < -0.3 is 14.9 Å². The molecule has 0 bridgehead atoms. The van der Waals surface area contributed by atoms with E-state index in [1.807, 2.05) is 0 Å². The summed E-state index contributed by atoms with van der Waals surface area (Å²) in [5.41, 5.74) is 1.71. The third kappa shape index (κ3) is 2.40. The predicted molar refractivity (Wildman–Crippen MR) is 69.5 cm³/mol. The first-order valence-corrected chi connectivity index (χ1v) is 6.80. The van der Waals surface area contributed by atoms with Crippen LogP contribution in [0.3, 0.4) is 0 Å². The molecular weight excluding hydrogens is 246 g/mol. The SMILES string of the molecule is O=[N+]([O-])c1nn(C2CCCCO2)cc1C1=CCCC1. The summed E-state index contributed by atoms with van der Waals surface area (Å²) in [6, 6.07) is 0. The van der Waals surface area contributed by atoms with Crippen molar-refractivity contribution in [2.75, 3.05) is 6.61 Å². The molecule has 1 unspecified atom stereocenters. The van der Waals surface area contributed by atoms with Crippen LogP contribution in [-0.2, 0) is 4.74 Å². The normalized spacial score (nSPS) is 23.4. The molecule has 0 spiro atoms. The highest BCUT2D eigenvalue weighted by Crippen LogP contribution is 2.34. The number of rotatable bonds is 3. The summed E-state index contributed by atoms with van der Waals surface area (Å²) < 4.78 is 7.26. The molecule has 6 heteroatoms. The molecule has 1 atom stereocenters. The molecule has 102 valence electrons. The second kappa shape index (κ2) is 5.13. The van der Waals surface area contributed by atoms with Gasteiger partial charge in [0.15, 0.2) is 6.23 Å². The fraction of sp³-hybridized carbons (Fsp3) is 0.615. The maximum absolute atomic E-state index is 11.1. The van der Waals surface area contributed by atoms with Crippen molar-refractivity contribution in [3.8, 4) is 0 Å². The van der Waals surface area contributed by atoms with Crippen molar-refractivity contribution in [3.05, 3.63) is 28.0 Å². The van der Waals surface area contributed by atoms with Crippen molar-refractivity contribution in [3.63, 3.8) is 0 Å². The van der Waals surface area contributed by atoms with E-state index in [9.17, 15) is 10.1 Å². The number of nitro groups is 1. The van der Waals surface area contributed by atoms with Crippen LogP contribution >= 0.6 is 0 Å². The smallest absolute Gasteiger partial charge is 0.358 e. The molecule has 1 aliphatic heterocycles. The number of hydrogen-bond acceptors (Lipinski definition) is 4. The molecule has 1 aromatic rings. The van der Waals surface area contributed by atoms with E-state index in [1.54, 1.807) is 10.9 Å². The summed E-state index contributed by atoms with van der Waals surface area (Å²) in [5, 5.41) is 15.3. The van der Waals surface area contributed by atoms with Crippen LogP contribution < -0.4 is 0 Å². The molecule has 3 rings (SSSR count). The molecule has 0 amide bonds. The third-order valence-corrected chi connectivity index (χ3v) is 3.72. The summed E-state index contributed by atoms with van der Waals surface area (Å²) in [5.74, 6) is -0.0395. The van der Waals surface area contributed by atoms with Gasteiger partial charge in [-0.1, -0.05) is 6.08 Å². The van der Waals surface area contributed by atoms with Gasteiger partial charge in [0.25, 0.3) is 0 Å². The zero-order valence-corrected chi connectivity index (χ0v) is 10.7. The first-order valence-electron chi connectivity index (χ1n) is 6.80. The quantitative estimate of drug-likeness (QED) is 0.620. The van der Waals surface area contributed by atoms with E-state index in [0.717, 1.165) is 44.1 Å². The van der Waals surface area contributed by atoms with Crippen LogP contribution in [0.25, 0.3) is 5.57 Å². The Morgan fingerprint density at radius 2 is 2.32 bits per heavy atom. The molecule has 6 nitrogen and oxygen atoms in total. The molecule has 1 aliphatic carbocycles. The van der Waals surface area contributed by atoms with Gasteiger partial charge >= 0.3 is 5.82 Å². The van der Waals surface area contributed by atoms with Crippen molar-refractivity contribution in [1.29, 1.82) is 0 Å². The summed E-state index contributed by atoms with van der Waals surface area (Å²) in [7, 11) is 0. The predicted octanol–water partition coefficient (Wildman–Crippen LogP) is 3.06. The highest BCUT2D eigenvalue weighted by molar-refractivity contribution is 5.72. The van der Waals surface area contributed by atoms with Crippen molar-refractivity contribution in [2.45, 2.75) is 44.8 Å². The largest absolute Gasteiger partial charge is 0.397 e. The Morgan fingerprint density at radius 3 is 2.95 bits per heavy atom. The van der Waals surface area contributed by atoms with Crippen LogP contribution in [0, 0.1) is 10.1 Å². The Balaban J connectivity index is 1.93. The Kier molecular flexibility index (Phi) is 3.33. The summed E-state index contributed by atoms with van der Waals surface area (Å²) in [4.78, 5) is 10.7. The minimum atomic E-state index is -0.395. The molecule has 1 fully saturated rings. The van der Waals surface area contributed by atoms with Gasteiger partial charge in [0.05, 0.1) is 16.9 Å². The van der Waals surface area contributed by atoms with E-state index in [-0.39, 0.29) is 12.0 Å². The highest BCUT2D eigenvalue weighted by atomic mass is 16.6. The van der Waals surface area contributed by atoms with Gasteiger partial charge in [0, 0.05) is 6.61 Å². The van der Waals surface area contributed by atoms with E-state index in [4.69, 9.17) is 4.74 Å². The maximum Gasteiger partial charge on any atom is 0.397 e. The monoisotopic (exact) mass is 263 g/mol. The van der Waals surface area contributed by atoms with E-state index < -0.39 is 4.92 Å². The van der Waals surface area contributed by atoms with Crippen LogP contribution in [0.1, 0.15) is 50.3 Å². The summed E-state index contributed by atoms with van der Waals surface area (Å²) in [6.07, 6.45) is 9.68. The van der Waals surface area contributed by atoms with Crippen molar-refractivity contribution < 1.29 is 9.66 Å². The number of aromatic nitrogens is 2. The Morgan fingerprint density at radius 1 is 1.42 bits per heavy atom. The first-order chi connectivity index (χ1) is 9.25. The molecular formula is C13H17N3O3. The molecule has 1 aromatic heterocycles.